The first-order valence-electron chi connectivity index (χ1n) is 8.43. The smallest absolute Gasteiger partial charge is 0.239 e. The molecule has 0 unspecified atom stereocenters. The van der Waals surface area contributed by atoms with Crippen LogP contribution in [0, 0.1) is 0 Å². The Hall–Kier alpha value is -2.53. The van der Waals surface area contributed by atoms with Crippen LogP contribution in [0.2, 0.25) is 0 Å². The Morgan fingerprint density at radius 2 is 1.76 bits per heavy atom. The summed E-state index contributed by atoms with van der Waals surface area (Å²) in [6, 6.07) is 15.3. The fourth-order valence-corrected chi connectivity index (χ4v) is 3.55. The van der Waals surface area contributed by atoms with Crippen molar-refractivity contribution in [2.45, 2.75) is 18.4 Å². The maximum atomic E-state index is 12.1. The third-order valence-electron chi connectivity index (χ3n) is 4.81. The van der Waals surface area contributed by atoms with Crippen molar-refractivity contribution in [3.8, 4) is 11.5 Å². The SMILES string of the molecule is COc1cc(OC)cc([C@@H]2CCN([C@H](C(N)=O)c3ccccc3)C2)c1. The molecule has 1 heterocycles. The Morgan fingerprint density at radius 1 is 1.12 bits per heavy atom. The molecule has 0 saturated carbocycles. The summed E-state index contributed by atoms with van der Waals surface area (Å²) in [5.41, 5.74) is 7.81. The molecule has 132 valence electrons. The van der Waals surface area contributed by atoms with Crippen LogP contribution in [0.3, 0.4) is 0 Å². The Morgan fingerprint density at radius 3 is 2.32 bits per heavy atom. The summed E-state index contributed by atoms with van der Waals surface area (Å²) in [4.78, 5) is 14.2. The highest BCUT2D eigenvalue weighted by molar-refractivity contribution is 5.81. The van der Waals surface area contributed by atoms with Crippen LogP contribution in [-0.4, -0.2) is 38.1 Å². The molecule has 1 aliphatic rings. The molecule has 1 fully saturated rings. The quantitative estimate of drug-likeness (QED) is 0.878. The molecule has 0 spiro atoms. The van der Waals surface area contributed by atoms with Crippen molar-refractivity contribution in [1.82, 2.24) is 4.90 Å². The minimum atomic E-state index is -0.390. The molecule has 1 amide bonds. The second-order valence-corrected chi connectivity index (χ2v) is 6.34. The number of nitrogens with zero attached hydrogens (tertiary/aromatic N) is 1. The predicted molar refractivity (Wildman–Crippen MR) is 96.9 cm³/mol. The normalized spacial score (nSPS) is 18.7. The lowest BCUT2D eigenvalue weighted by Crippen LogP contribution is -2.36. The van der Waals surface area contributed by atoms with Crippen molar-refractivity contribution in [1.29, 1.82) is 0 Å². The van der Waals surface area contributed by atoms with E-state index in [2.05, 4.69) is 4.90 Å². The van der Waals surface area contributed by atoms with Crippen LogP contribution >= 0.6 is 0 Å². The summed E-state index contributed by atoms with van der Waals surface area (Å²) in [5, 5.41) is 0. The molecule has 25 heavy (non-hydrogen) atoms. The highest BCUT2D eigenvalue weighted by atomic mass is 16.5. The molecule has 5 heteroatoms. The van der Waals surface area contributed by atoms with Gasteiger partial charge in [-0.25, -0.2) is 0 Å². The average molecular weight is 340 g/mol. The minimum absolute atomic E-state index is 0.310. The summed E-state index contributed by atoms with van der Waals surface area (Å²) >= 11 is 0. The largest absolute Gasteiger partial charge is 0.497 e. The number of carbonyl (C=O) groups excluding carboxylic acids is 1. The molecule has 0 bridgehead atoms. The molecule has 3 rings (SSSR count). The molecule has 5 nitrogen and oxygen atoms in total. The number of hydrogen-bond donors (Lipinski definition) is 1. The lowest BCUT2D eigenvalue weighted by molar-refractivity contribution is -0.123. The van der Waals surface area contributed by atoms with E-state index in [1.54, 1.807) is 14.2 Å². The third-order valence-corrected chi connectivity index (χ3v) is 4.81. The maximum Gasteiger partial charge on any atom is 0.239 e. The molecule has 2 atom stereocenters. The van der Waals surface area contributed by atoms with Gasteiger partial charge in [0.1, 0.15) is 17.5 Å². The fourth-order valence-electron chi connectivity index (χ4n) is 3.55. The van der Waals surface area contributed by atoms with Gasteiger partial charge in [0.25, 0.3) is 0 Å². The van der Waals surface area contributed by atoms with Gasteiger partial charge >= 0.3 is 0 Å². The number of hydrogen-bond acceptors (Lipinski definition) is 4. The van der Waals surface area contributed by atoms with Crippen LogP contribution in [0.25, 0.3) is 0 Å². The molecule has 1 aliphatic heterocycles. The number of nitrogens with two attached hydrogens (primary N) is 1. The fraction of sp³-hybridized carbons (Fsp3) is 0.350. The van der Waals surface area contributed by atoms with E-state index in [9.17, 15) is 4.79 Å². The van der Waals surface area contributed by atoms with E-state index < -0.39 is 6.04 Å². The van der Waals surface area contributed by atoms with Crippen molar-refractivity contribution in [3.63, 3.8) is 0 Å². The van der Waals surface area contributed by atoms with E-state index >= 15 is 0 Å². The Bertz CT molecular complexity index is 711. The number of benzene rings is 2. The standard InChI is InChI=1S/C20H24N2O3/c1-24-17-10-16(11-18(12-17)25-2)15-8-9-22(13-15)19(20(21)23)14-6-4-3-5-7-14/h3-7,10-12,15,19H,8-9,13H2,1-2H3,(H2,21,23)/t15-,19+/m1/s1. The van der Waals surface area contributed by atoms with Crippen LogP contribution in [0.4, 0.5) is 0 Å². The van der Waals surface area contributed by atoms with Gasteiger partial charge in [-0.2, -0.15) is 0 Å². The minimum Gasteiger partial charge on any atom is -0.497 e. The number of carbonyl (C=O) groups is 1. The molecule has 0 aromatic heterocycles. The van der Waals surface area contributed by atoms with E-state index in [4.69, 9.17) is 15.2 Å². The zero-order chi connectivity index (χ0) is 17.8. The van der Waals surface area contributed by atoms with Gasteiger partial charge in [0.15, 0.2) is 0 Å². The number of methoxy groups -OCH3 is 2. The third kappa shape index (κ3) is 3.77. The zero-order valence-corrected chi connectivity index (χ0v) is 14.6. The topological polar surface area (TPSA) is 64.8 Å². The van der Waals surface area contributed by atoms with Gasteiger partial charge in [-0.05, 0) is 42.1 Å². The first-order valence-corrected chi connectivity index (χ1v) is 8.43. The second kappa shape index (κ2) is 7.57. The molecule has 2 aromatic carbocycles. The summed E-state index contributed by atoms with van der Waals surface area (Å²) in [6.07, 6.45) is 0.965. The first kappa shape index (κ1) is 17.3. The van der Waals surface area contributed by atoms with E-state index in [0.29, 0.717) is 5.92 Å². The van der Waals surface area contributed by atoms with Crippen molar-refractivity contribution in [3.05, 3.63) is 59.7 Å². The highest BCUT2D eigenvalue weighted by Gasteiger charge is 2.33. The van der Waals surface area contributed by atoms with E-state index in [0.717, 1.165) is 42.1 Å². The van der Waals surface area contributed by atoms with Crippen LogP contribution in [0.5, 0.6) is 11.5 Å². The summed E-state index contributed by atoms with van der Waals surface area (Å²) < 4.78 is 10.7. The molecular weight excluding hydrogens is 316 g/mol. The molecule has 2 N–H and O–H groups in total. The van der Waals surface area contributed by atoms with Gasteiger partial charge < -0.3 is 15.2 Å². The average Bonchev–Trinajstić information content (AvgIpc) is 3.11. The Balaban J connectivity index is 1.82. The van der Waals surface area contributed by atoms with Crippen LogP contribution in [0.1, 0.15) is 29.5 Å². The molecule has 1 saturated heterocycles. The summed E-state index contributed by atoms with van der Waals surface area (Å²) in [7, 11) is 3.30. The Labute approximate surface area is 148 Å². The second-order valence-electron chi connectivity index (χ2n) is 6.34. The lowest BCUT2D eigenvalue weighted by atomic mass is 9.97. The highest BCUT2D eigenvalue weighted by Crippen LogP contribution is 2.36. The lowest BCUT2D eigenvalue weighted by Gasteiger charge is -2.25. The van der Waals surface area contributed by atoms with E-state index in [1.165, 1.54) is 0 Å². The molecule has 2 aromatic rings. The van der Waals surface area contributed by atoms with Crippen LogP contribution in [-0.2, 0) is 4.79 Å². The van der Waals surface area contributed by atoms with E-state index in [-0.39, 0.29) is 5.91 Å². The van der Waals surface area contributed by atoms with Gasteiger partial charge in [0.05, 0.1) is 14.2 Å². The molecule has 0 radical (unpaired) electrons. The van der Waals surface area contributed by atoms with E-state index in [1.807, 2.05) is 48.5 Å². The summed E-state index contributed by atoms with van der Waals surface area (Å²) in [5.74, 6) is 1.56. The van der Waals surface area contributed by atoms with Gasteiger partial charge in [0.2, 0.25) is 5.91 Å². The van der Waals surface area contributed by atoms with Crippen molar-refractivity contribution in [2.24, 2.45) is 5.73 Å². The van der Waals surface area contributed by atoms with Gasteiger partial charge in [-0.15, -0.1) is 0 Å². The van der Waals surface area contributed by atoms with Crippen LogP contribution in [0.15, 0.2) is 48.5 Å². The first-order chi connectivity index (χ1) is 12.1. The monoisotopic (exact) mass is 340 g/mol. The van der Waals surface area contributed by atoms with Crippen molar-refractivity contribution in [2.75, 3.05) is 27.3 Å². The predicted octanol–water partition coefficient (Wildman–Crippen LogP) is 2.72. The number of rotatable bonds is 6. The molecular formula is C20H24N2O3. The Kier molecular flexibility index (Phi) is 5.24. The van der Waals surface area contributed by atoms with Gasteiger partial charge in [0, 0.05) is 12.6 Å². The number of amides is 1. The van der Waals surface area contributed by atoms with Gasteiger partial charge in [-0.3, -0.25) is 9.69 Å². The van der Waals surface area contributed by atoms with Gasteiger partial charge in [-0.1, -0.05) is 30.3 Å². The maximum absolute atomic E-state index is 12.1. The number of likely N-dealkylation sites (tertiary alicyclic amines) is 1. The summed E-state index contributed by atoms with van der Waals surface area (Å²) in [6.45, 7) is 1.60. The van der Waals surface area contributed by atoms with Crippen molar-refractivity contribution < 1.29 is 14.3 Å². The van der Waals surface area contributed by atoms with Crippen LogP contribution < -0.4 is 15.2 Å². The number of primary amides is 1. The number of ether oxygens (including phenoxy) is 2. The molecule has 0 aliphatic carbocycles. The van der Waals surface area contributed by atoms with Crippen molar-refractivity contribution >= 4 is 5.91 Å². The zero-order valence-electron chi connectivity index (χ0n) is 14.6.